The Morgan fingerprint density at radius 2 is 1.31 bits per heavy atom. The third kappa shape index (κ3) is 6.37. The molecule has 45 heavy (non-hydrogen) atoms. The molecular weight excluding hydrogens is 556 g/mol. The largest absolute Gasteiger partial charge is 0.459 e. The van der Waals surface area contributed by atoms with Crippen LogP contribution in [0.5, 0.6) is 0 Å². The highest BCUT2D eigenvalue weighted by Gasteiger charge is 2.63. The van der Waals surface area contributed by atoms with E-state index >= 15 is 0 Å². The van der Waals surface area contributed by atoms with E-state index in [1.54, 1.807) is 0 Å². The Morgan fingerprint density at radius 3 is 1.96 bits per heavy atom. The summed E-state index contributed by atoms with van der Waals surface area (Å²) >= 11 is 0. The van der Waals surface area contributed by atoms with Crippen LogP contribution in [0.15, 0.2) is 60.7 Å². The molecule has 4 nitrogen and oxygen atoms in total. The van der Waals surface area contributed by atoms with Crippen molar-refractivity contribution in [2.24, 2.45) is 52.3 Å². The molecule has 2 aromatic rings. The minimum absolute atomic E-state index is 0.0719. The topological polar surface area (TPSA) is 52.6 Å². The molecule has 244 valence electrons. The molecule has 0 spiro atoms. The third-order valence-electron chi connectivity index (χ3n) is 13.4. The maximum absolute atomic E-state index is 13.6. The number of hydrogen-bond acceptors (Lipinski definition) is 4. The molecule has 4 heteroatoms. The van der Waals surface area contributed by atoms with E-state index < -0.39 is 0 Å². The Kier molecular flexibility index (Phi) is 9.51. The molecule has 0 aliphatic heterocycles. The molecule has 4 aliphatic carbocycles. The van der Waals surface area contributed by atoms with Crippen LogP contribution in [0.25, 0.3) is 0 Å². The lowest BCUT2D eigenvalue weighted by Gasteiger charge is -2.62. The van der Waals surface area contributed by atoms with Crippen LogP contribution in [0, 0.1) is 52.3 Å². The van der Waals surface area contributed by atoms with Gasteiger partial charge in [0.15, 0.2) is 0 Å². The number of carbonyl (C=O) groups excluding carboxylic acids is 2. The monoisotopic (exact) mass is 612 g/mol. The summed E-state index contributed by atoms with van der Waals surface area (Å²) in [6.45, 7) is 12.3. The van der Waals surface area contributed by atoms with Gasteiger partial charge in [-0.2, -0.15) is 0 Å². The zero-order valence-electron chi connectivity index (χ0n) is 28.4. The first-order valence-corrected chi connectivity index (χ1v) is 18.1. The van der Waals surface area contributed by atoms with Crippen molar-refractivity contribution in [1.29, 1.82) is 0 Å². The molecule has 0 unspecified atom stereocenters. The minimum atomic E-state index is -0.247. The molecule has 0 aromatic heterocycles. The van der Waals surface area contributed by atoms with Crippen molar-refractivity contribution in [1.82, 2.24) is 0 Å². The first-order chi connectivity index (χ1) is 21.6. The van der Waals surface area contributed by atoms with Crippen LogP contribution < -0.4 is 0 Å². The summed E-state index contributed by atoms with van der Waals surface area (Å²) in [5, 5.41) is 0. The van der Waals surface area contributed by atoms with Crippen molar-refractivity contribution < 1.29 is 19.1 Å². The average Bonchev–Trinajstić information content (AvgIpc) is 3.39. The Bertz CT molecular complexity index is 1310. The second-order valence-corrected chi connectivity index (χ2v) is 16.2. The van der Waals surface area contributed by atoms with E-state index in [0.717, 1.165) is 43.4 Å². The van der Waals surface area contributed by atoms with Gasteiger partial charge in [0.05, 0.1) is 11.1 Å². The molecule has 4 fully saturated rings. The zero-order chi connectivity index (χ0) is 31.8. The Balaban J connectivity index is 1.24. The van der Waals surface area contributed by atoms with Crippen molar-refractivity contribution in [2.45, 2.75) is 117 Å². The molecule has 6 rings (SSSR count). The van der Waals surface area contributed by atoms with Gasteiger partial charge in [-0.3, -0.25) is 0 Å². The van der Waals surface area contributed by atoms with Crippen molar-refractivity contribution in [3.8, 4) is 0 Å². The van der Waals surface area contributed by atoms with Gasteiger partial charge in [-0.1, -0.05) is 90.3 Å². The van der Waals surface area contributed by atoms with Crippen molar-refractivity contribution in [3.05, 3.63) is 71.8 Å². The SMILES string of the molecule is CC(C)CCC[C@@H](C)[C@H]1CC[C@H]2[C@@H]3C[C@@H](OC(=O)c4ccccc4)[C@H]4C[C@@H](OC(=O)c5ccccc5)CC[C@]4(C)[C@H]3CC[C@]12C. The van der Waals surface area contributed by atoms with Gasteiger partial charge < -0.3 is 9.47 Å². The van der Waals surface area contributed by atoms with Gasteiger partial charge in [0.25, 0.3) is 0 Å². The lowest BCUT2D eigenvalue weighted by Crippen LogP contribution is -2.59. The minimum Gasteiger partial charge on any atom is -0.459 e. The van der Waals surface area contributed by atoms with Gasteiger partial charge in [-0.15, -0.1) is 0 Å². The molecule has 4 aliphatic rings. The second-order valence-electron chi connectivity index (χ2n) is 16.2. The highest BCUT2D eigenvalue weighted by molar-refractivity contribution is 5.90. The van der Waals surface area contributed by atoms with Crippen LogP contribution in [0.2, 0.25) is 0 Å². The van der Waals surface area contributed by atoms with Crippen LogP contribution in [-0.2, 0) is 9.47 Å². The van der Waals surface area contributed by atoms with Crippen LogP contribution >= 0.6 is 0 Å². The first-order valence-electron chi connectivity index (χ1n) is 18.1. The fourth-order valence-corrected chi connectivity index (χ4v) is 11.1. The molecule has 4 saturated carbocycles. The van der Waals surface area contributed by atoms with Crippen LogP contribution in [-0.4, -0.2) is 24.1 Å². The van der Waals surface area contributed by atoms with E-state index in [9.17, 15) is 9.59 Å². The predicted molar refractivity (Wildman–Crippen MR) is 180 cm³/mol. The molecule has 0 heterocycles. The Labute approximate surface area is 272 Å². The number of esters is 2. The maximum atomic E-state index is 13.6. The van der Waals surface area contributed by atoms with Gasteiger partial charge >= 0.3 is 11.9 Å². The van der Waals surface area contributed by atoms with E-state index in [1.165, 1.54) is 44.9 Å². The van der Waals surface area contributed by atoms with E-state index in [2.05, 4.69) is 34.6 Å². The number of rotatable bonds is 9. The quantitative estimate of drug-likeness (QED) is 0.264. The standard InChI is InChI=1S/C41H56O4/c1-27(2)13-12-14-28(3)33-19-20-34-32-26-37(45-39(43)30-17-10-7-11-18-30)36-25-31(44-38(42)29-15-8-6-9-16-29)21-23-41(36,5)35(32)22-24-40(33,34)4/h6-11,15-18,27-28,31-37H,12-14,19-26H2,1-5H3/t28-,31+,32+,33-,34+,35+,36-,37-,40-,41-/m1/s1. The van der Waals surface area contributed by atoms with Crippen LogP contribution in [0.3, 0.4) is 0 Å². The summed E-state index contributed by atoms with van der Waals surface area (Å²) in [6.07, 6.45) is 12.6. The molecule has 0 radical (unpaired) electrons. The molecular formula is C41H56O4. The summed E-state index contributed by atoms with van der Waals surface area (Å²) in [5.41, 5.74) is 1.66. The van der Waals surface area contributed by atoms with Gasteiger partial charge in [-0.25, -0.2) is 9.59 Å². The van der Waals surface area contributed by atoms with Crippen molar-refractivity contribution >= 4 is 11.9 Å². The number of ether oxygens (including phenoxy) is 2. The fourth-order valence-electron chi connectivity index (χ4n) is 11.1. The zero-order valence-corrected chi connectivity index (χ0v) is 28.4. The highest BCUT2D eigenvalue weighted by Crippen LogP contribution is 2.68. The molecule has 0 amide bonds. The summed E-state index contributed by atoms with van der Waals surface area (Å²) in [5.74, 6) is 3.97. The summed E-state index contributed by atoms with van der Waals surface area (Å²) in [6, 6.07) is 18.8. The molecule has 0 saturated heterocycles. The van der Waals surface area contributed by atoms with Crippen LogP contribution in [0.4, 0.5) is 0 Å². The molecule has 0 bridgehead atoms. The number of fused-ring (bicyclic) bond motifs is 5. The first kappa shape index (κ1) is 32.3. The van der Waals surface area contributed by atoms with Gasteiger partial charge in [0, 0.05) is 5.92 Å². The summed E-state index contributed by atoms with van der Waals surface area (Å²) in [7, 11) is 0. The van der Waals surface area contributed by atoms with Crippen molar-refractivity contribution in [3.63, 3.8) is 0 Å². The summed E-state index contributed by atoms with van der Waals surface area (Å²) < 4.78 is 12.7. The summed E-state index contributed by atoms with van der Waals surface area (Å²) in [4.78, 5) is 26.6. The number of benzene rings is 2. The third-order valence-corrected chi connectivity index (χ3v) is 13.4. The lowest BCUT2D eigenvalue weighted by molar-refractivity contribution is -0.174. The number of carbonyl (C=O) groups is 2. The molecule has 0 N–H and O–H groups in total. The maximum Gasteiger partial charge on any atom is 0.338 e. The Morgan fingerprint density at radius 1 is 0.711 bits per heavy atom. The van der Waals surface area contributed by atoms with Gasteiger partial charge in [-0.05, 0) is 122 Å². The molecule has 10 atom stereocenters. The number of hydrogen-bond donors (Lipinski definition) is 0. The fraction of sp³-hybridized carbons (Fsp3) is 0.659. The van der Waals surface area contributed by atoms with Gasteiger partial charge in [0.2, 0.25) is 0 Å². The van der Waals surface area contributed by atoms with Gasteiger partial charge in [0.1, 0.15) is 12.2 Å². The van der Waals surface area contributed by atoms with Crippen LogP contribution in [0.1, 0.15) is 126 Å². The normalized spacial score (nSPS) is 36.4. The van der Waals surface area contributed by atoms with E-state index in [1.807, 2.05) is 60.7 Å². The predicted octanol–water partition coefficient (Wildman–Crippen LogP) is 10.2. The van der Waals surface area contributed by atoms with E-state index in [-0.39, 0.29) is 35.5 Å². The lowest BCUT2D eigenvalue weighted by atomic mass is 9.43. The smallest absolute Gasteiger partial charge is 0.338 e. The Hall–Kier alpha value is -2.62. The van der Waals surface area contributed by atoms with E-state index in [0.29, 0.717) is 34.3 Å². The highest BCUT2D eigenvalue weighted by atomic mass is 16.6. The van der Waals surface area contributed by atoms with E-state index in [4.69, 9.17) is 9.47 Å². The van der Waals surface area contributed by atoms with Crippen molar-refractivity contribution in [2.75, 3.05) is 0 Å². The average molecular weight is 613 g/mol. The molecule has 2 aromatic carbocycles. The second kappa shape index (κ2) is 13.2.